The number of anilines is 1. The number of aryl methyl sites for hydroxylation is 1. The zero-order valence-electron chi connectivity index (χ0n) is 12.0. The predicted octanol–water partition coefficient (Wildman–Crippen LogP) is 2.93. The van der Waals surface area contributed by atoms with Gasteiger partial charge >= 0.3 is 0 Å². The highest BCUT2D eigenvalue weighted by Gasteiger charge is 2.17. The molecule has 2 heterocycles. The van der Waals surface area contributed by atoms with Crippen molar-refractivity contribution in [1.29, 1.82) is 0 Å². The van der Waals surface area contributed by atoms with E-state index in [4.69, 9.17) is 4.74 Å². The van der Waals surface area contributed by atoms with Crippen LogP contribution in [0.15, 0.2) is 6.20 Å². The Morgan fingerprint density at radius 3 is 3.21 bits per heavy atom. The fourth-order valence-electron chi connectivity index (χ4n) is 2.35. The lowest BCUT2D eigenvalue weighted by molar-refractivity contribution is 0.147. The third-order valence-electron chi connectivity index (χ3n) is 3.27. The van der Waals surface area contributed by atoms with Crippen molar-refractivity contribution < 1.29 is 4.74 Å². The minimum absolute atomic E-state index is 0.762. The van der Waals surface area contributed by atoms with Gasteiger partial charge in [0.15, 0.2) is 0 Å². The van der Waals surface area contributed by atoms with Gasteiger partial charge in [0.05, 0.1) is 5.69 Å². The maximum atomic E-state index is 5.34. The van der Waals surface area contributed by atoms with Gasteiger partial charge < -0.3 is 14.6 Å². The molecular weight excluding hydrogens is 258 g/mol. The van der Waals surface area contributed by atoms with Gasteiger partial charge in [0, 0.05) is 37.8 Å². The summed E-state index contributed by atoms with van der Waals surface area (Å²) < 4.78 is 7.62. The number of rotatable bonds is 8. The first-order valence-electron chi connectivity index (χ1n) is 7.26. The summed E-state index contributed by atoms with van der Waals surface area (Å²) in [5, 5.41) is 4.19. The Morgan fingerprint density at radius 1 is 1.58 bits per heavy atom. The van der Waals surface area contributed by atoms with Crippen molar-refractivity contribution in [2.24, 2.45) is 0 Å². The Hall–Kier alpha value is -0.680. The molecule has 0 spiro atoms. The minimum Gasteiger partial charge on any atom is -0.382 e. The highest BCUT2D eigenvalue weighted by Crippen LogP contribution is 2.28. The number of hydrogen-bond donors (Lipinski definition) is 1. The van der Waals surface area contributed by atoms with E-state index in [1.54, 1.807) is 0 Å². The zero-order chi connectivity index (χ0) is 13.5. The molecule has 0 bridgehead atoms. The van der Waals surface area contributed by atoms with Gasteiger partial charge in [-0.2, -0.15) is 11.8 Å². The van der Waals surface area contributed by atoms with Crippen LogP contribution in [0.25, 0.3) is 0 Å². The Labute approximate surface area is 120 Å². The molecule has 1 aliphatic heterocycles. The highest BCUT2D eigenvalue weighted by molar-refractivity contribution is 8.00. The average molecular weight is 283 g/mol. The molecule has 108 valence electrons. The molecule has 5 heteroatoms. The number of nitrogens with one attached hydrogen (secondary N) is 1. The smallest absolute Gasteiger partial charge is 0.203 e. The lowest BCUT2D eigenvalue weighted by Crippen LogP contribution is -2.14. The molecule has 0 radical (unpaired) electrons. The van der Waals surface area contributed by atoms with Crippen LogP contribution in [-0.4, -0.2) is 40.3 Å². The van der Waals surface area contributed by atoms with Crippen LogP contribution in [0.4, 0.5) is 5.95 Å². The molecule has 1 atom stereocenters. The van der Waals surface area contributed by atoms with Crippen LogP contribution in [0.1, 0.15) is 31.9 Å². The molecule has 1 aromatic heterocycles. The summed E-state index contributed by atoms with van der Waals surface area (Å²) in [5.74, 6) is 2.33. The van der Waals surface area contributed by atoms with E-state index in [2.05, 4.69) is 39.8 Å². The van der Waals surface area contributed by atoms with Crippen LogP contribution in [0.5, 0.6) is 0 Å². The lowest BCUT2D eigenvalue weighted by Gasteiger charge is -2.13. The molecule has 1 aliphatic rings. The van der Waals surface area contributed by atoms with Crippen molar-refractivity contribution in [2.45, 2.75) is 44.9 Å². The summed E-state index contributed by atoms with van der Waals surface area (Å²) in [5.41, 5.74) is 1.09. The summed E-state index contributed by atoms with van der Waals surface area (Å²) in [6, 6.07) is 0. The van der Waals surface area contributed by atoms with Crippen LogP contribution in [0.2, 0.25) is 0 Å². The van der Waals surface area contributed by atoms with Crippen LogP contribution < -0.4 is 5.32 Å². The first kappa shape index (κ1) is 14.7. The summed E-state index contributed by atoms with van der Waals surface area (Å²) >= 11 is 2.09. The number of imidazole rings is 1. The Bertz CT molecular complexity index is 375. The zero-order valence-corrected chi connectivity index (χ0v) is 12.8. The summed E-state index contributed by atoms with van der Waals surface area (Å²) in [6.45, 7) is 7.72. The second kappa shape index (κ2) is 7.80. The third-order valence-corrected chi connectivity index (χ3v) is 4.65. The molecule has 0 saturated carbocycles. The van der Waals surface area contributed by atoms with Crippen molar-refractivity contribution in [3.8, 4) is 0 Å². The van der Waals surface area contributed by atoms with Crippen molar-refractivity contribution in [3.63, 3.8) is 0 Å². The fraction of sp³-hybridized carbons (Fsp3) is 0.786. The molecular formula is C14H25N3OS. The molecule has 19 heavy (non-hydrogen) atoms. The monoisotopic (exact) mass is 283 g/mol. The minimum atomic E-state index is 0.762. The van der Waals surface area contributed by atoms with Crippen molar-refractivity contribution in [2.75, 3.05) is 30.8 Å². The molecule has 1 fully saturated rings. The molecule has 1 N–H and O–H groups in total. The van der Waals surface area contributed by atoms with E-state index in [1.165, 1.54) is 18.6 Å². The topological polar surface area (TPSA) is 39.1 Å². The van der Waals surface area contributed by atoms with Gasteiger partial charge in [-0.3, -0.25) is 0 Å². The van der Waals surface area contributed by atoms with Gasteiger partial charge in [-0.25, -0.2) is 4.98 Å². The van der Waals surface area contributed by atoms with Crippen LogP contribution >= 0.6 is 11.8 Å². The van der Waals surface area contributed by atoms with Gasteiger partial charge in [-0.15, -0.1) is 0 Å². The van der Waals surface area contributed by atoms with E-state index in [0.717, 1.165) is 49.6 Å². The van der Waals surface area contributed by atoms with E-state index in [9.17, 15) is 0 Å². The van der Waals surface area contributed by atoms with Crippen LogP contribution in [0, 0.1) is 6.92 Å². The number of ether oxygens (including phenoxy) is 1. The number of hydrogen-bond acceptors (Lipinski definition) is 4. The highest BCUT2D eigenvalue weighted by atomic mass is 32.2. The van der Waals surface area contributed by atoms with Gasteiger partial charge in [-0.1, -0.05) is 0 Å². The van der Waals surface area contributed by atoms with E-state index < -0.39 is 0 Å². The Kier molecular flexibility index (Phi) is 6.04. The Balaban J connectivity index is 1.81. The number of aromatic nitrogens is 2. The lowest BCUT2D eigenvalue weighted by atomic mass is 10.2. The van der Waals surface area contributed by atoms with Gasteiger partial charge in [0.2, 0.25) is 5.95 Å². The van der Waals surface area contributed by atoms with Crippen molar-refractivity contribution >= 4 is 17.7 Å². The van der Waals surface area contributed by atoms with E-state index in [1.807, 2.05) is 6.92 Å². The molecule has 4 nitrogen and oxygen atoms in total. The number of nitrogens with zero attached hydrogens (tertiary/aromatic N) is 2. The average Bonchev–Trinajstić information content (AvgIpc) is 3.00. The van der Waals surface area contributed by atoms with Crippen LogP contribution in [-0.2, 0) is 11.3 Å². The normalized spacial score (nSPS) is 18.9. The van der Waals surface area contributed by atoms with E-state index in [0.29, 0.717) is 0 Å². The van der Waals surface area contributed by atoms with E-state index >= 15 is 0 Å². The molecule has 0 aliphatic carbocycles. The van der Waals surface area contributed by atoms with Crippen LogP contribution in [0.3, 0.4) is 0 Å². The van der Waals surface area contributed by atoms with Crippen molar-refractivity contribution in [1.82, 2.24) is 9.55 Å². The fourth-order valence-corrected chi connectivity index (χ4v) is 3.62. The summed E-state index contributed by atoms with van der Waals surface area (Å²) in [6.07, 6.45) is 5.88. The summed E-state index contributed by atoms with van der Waals surface area (Å²) in [7, 11) is 0. The number of thioether (sulfide) groups is 1. The first-order valence-corrected chi connectivity index (χ1v) is 8.31. The molecule has 1 unspecified atom stereocenters. The van der Waals surface area contributed by atoms with Gasteiger partial charge in [0.25, 0.3) is 0 Å². The molecule has 1 aromatic rings. The van der Waals surface area contributed by atoms with Gasteiger partial charge in [-0.05, 0) is 38.9 Å². The SMILES string of the molecule is CCOCCCNc1nc(C)cn1CC1CCCS1. The third kappa shape index (κ3) is 4.73. The van der Waals surface area contributed by atoms with E-state index in [-0.39, 0.29) is 0 Å². The molecule has 0 amide bonds. The second-order valence-corrected chi connectivity index (χ2v) is 6.38. The maximum absolute atomic E-state index is 5.34. The van der Waals surface area contributed by atoms with Gasteiger partial charge in [0.1, 0.15) is 0 Å². The summed E-state index contributed by atoms with van der Waals surface area (Å²) in [4.78, 5) is 4.57. The molecule has 0 aromatic carbocycles. The first-order chi connectivity index (χ1) is 9.29. The maximum Gasteiger partial charge on any atom is 0.203 e. The second-order valence-electron chi connectivity index (χ2n) is 4.97. The quantitative estimate of drug-likeness (QED) is 0.745. The standard InChI is InChI=1S/C14H25N3OS/c1-3-18-8-5-7-15-14-16-12(2)10-17(14)11-13-6-4-9-19-13/h10,13H,3-9,11H2,1-2H3,(H,15,16). The molecule has 2 rings (SSSR count). The predicted molar refractivity (Wildman–Crippen MR) is 82.0 cm³/mol. The van der Waals surface area contributed by atoms with Crippen molar-refractivity contribution in [3.05, 3.63) is 11.9 Å². The largest absolute Gasteiger partial charge is 0.382 e. The Morgan fingerprint density at radius 2 is 2.47 bits per heavy atom. The molecule has 1 saturated heterocycles.